The Labute approximate surface area is 98.8 Å². The molecular formula is C10H17N3O4. The maximum atomic E-state index is 11.5. The lowest BCUT2D eigenvalue weighted by molar-refractivity contribution is -0.124. The fraction of sp³-hybridized carbons (Fsp3) is 0.700. The highest BCUT2D eigenvalue weighted by Crippen LogP contribution is 2.04. The molecule has 1 aromatic heterocycles. The molecule has 17 heavy (non-hydrogen) atoms. The van der Waals surface area contributed by atoms with Crippen molar-refractivity contribution in [2.24, 2.45) is 0 Å². The molecule has 0 atom stereocenters. The number of hydrogen-bond donors (Lipinski definition) is 3. The minimum absolute atomic E-state index is 0.164. The second-order valence-electron chi connectivity index (χ2n) is 4.16. The third-order valence-corrected chi connectivity index (χ3v) is 2.27. The van der Waals surface area contributed by atoms with Crippen molar-refractivity contribution in [3.8, 4) is 0 Å². The third-order valence-electron chi connectivity index (χ3n) is 2.27. The molecule has 1 rings (SSSR count). The number of aliphatic hydroxyl groups is 2. The summed E-state index contributed by atoms with van der Waals surface area (Å²) in [5.74, 6) is 0.634. The van der Waals surface area contributed by atoms with Crippen molar-refractivity contribution in [2.75, 3.05) is 13.2 Å². The van der Waals surface area contributed by atoms with Gasteiger partial charge in [0.25, 0.3) is 0 Å². The van der Waals surface area contributed by atoms with Crippen molar-refractivity contribution in [2.45, 2.75) is 32.2 Å². The number of carbonyl (C=O) groups is 1. The number of nitrogens with zero attached hydrogens (tertiary/aromatic N) is 2. The van der Waals surface area contributed by atoms with Gasteiger partial charge in [-0.05, 0) is 13.8 Å². The van der Waals surface area contributed by atoms with E-state index in [0.29, 0.717) is 18.1 Å². The minimum Gasteiger partial charge on any atom is -0.394 e. The highest BCUT2D eigenvalue weighted by atomic mass is 16.5. The molecule has 0 aliphatic rings. The maximum absolute atomic E-state index is 11.5. The Bertz CT molecular complexity index is 373. The zero-order chi connectivity index (χ0) is 12.9. The topological polar surface area (TPSA) is 108 Å². The Morgan fingerprint density at radius 2 is 2.12 bits per heavy atom. The fourth-order valence-electron chi connectivity index (χ4n) is 1.19. The van der Waals surface area contributed by atoms with Gasteiger partial charge in [-0.3, -0.25) is 4.79 Å². The number of aromatic nitrogens is 2. The first-order chi connectivity index (χ1) is 7.99. The summed E-state index contributed by atoms with van der Waals surface area (Å²) < 4.78 is 4.86. The van der Waals surface area contributed by atoms with Crippen LogP contribution in [0, 0.1) is 6.92 Å². The van der Waals surface area contributed by atoms with Crippen LogP contribution in [0.2, 0.25) is 0 Å². The molecule has 3 N–H and O–H groups in total. The molecule has 0 saturated heterocycles. The summed E-state index contributed by atoms with van der Waals surface area (Å²) in [6, 6.07) is 0. The monoisotopic (exact) mass is 243 g/mol. The summed E-state index contributed by atoms with van der Waals surface area (Å²) in [6.45, 7) is 2.60. The number of rotatable bonds is 6. The van der Waals surface area contributed by atoms with Crippen LogP contribution >= 0.6 is 0 Å². The maximum Gasteiger partial charge on any atom is 0.227 e. The second kappa shape index (κ2) is 5.74. The Hall–Kier alpha value is -1.47. The van der Waals surface area contributed by atoms with Crippen molar-refractivity contribution < 1.29 is 19.5 Å². The van der Waals surface area contributed by atoms with Gasteiger partial charge in [0.1, 0.15) is 0 Å². The Morgan fingerprint density at radius 1 is 1.47 bits per heavy atom. The van der Waals surface area contributed by atoms with Crippen LogP contribution in [0.15, 0.2) is 4.52 Å². The molecule has 0 saturated carbocycles. The van der Waals surface area contributed by atoms with E-state index < -0.39 is 5.54 Å². The summed E-state index contributed by atoms with van der Waals surface area (Å²) in [5.41, 5.74) is -0.998. The zero-order valence-corrected chi connectivity index (χ0v) is 9.93. The lowest BCUT2D eigenvalue weighted by Crippen LogP contribution is -2.51. The molecule has 0 bridgehead atoms. The van der Waals surface area contributed by atoms with Gasteiger partial charge in [0.15, 0.2) is 5.82 Å². The number of carbonyl (C=O) groups excluding carboxylic acids is 1. The largest absolute Gasteiger partial charge is 0.394 e. The smallest absolute Gasteiger partial charge is 0.227 e. The summed E-state index contributed by atoms with van der Waals surface area (Å²) in [5, 5.41) is 24.2. The lowest BCUT2D eigenvalue weighted by Gasteiger charge is -2.25. The van der Waals surface area contributed by atoms with Crippen molar-refractivity contribution >= 4 is 5.91 Å². The lowest BCUT2D eigenvalue weighted by atomic mass is 10.1. The molecule has 1 amide bonds. The van der Waals surface area contributed by atoms with Crippen LogP contribution in [-0.2, 0) is 11.2 Å². The molecule has 96 valence electrons. The highest BCUT2D eigenvalue weighted by molar-refractivity contribution is 5.76. The SMILES string of the molecule is Cc1noc(CCC(=O)NC(C)(CO)CO)n1. The fourth-order valence-corrected chi connectivity index (χ4v) is 1.19. The van der Waals surface area contributed by atoms with Crippen LogP contribution in [0.5, 0.6) is 0 Å². The summed E-state index contributed by atoms with van der Waals surface area (Å²) >= 11 is 0. The van der Waals surface area contributed by atoms with E-state index in [9.17, 15) is 4.79 Å². The standard InChI is InChI=1S/C10H17N3O4/c1-7-11-9(17-13-7)4-3-8(16)12-10(2,5-14)6-15/h14-15H,3-6H2,1-2H3,(H,12,16). The quantitative estimate of drug-likeness (QED) is 0.601. The predicted octanol–water partition coefficient (Wildman–Crippen LogP) is -0.830. The van der Waals surface area contributed by atoms with Gasteiger partial charge in [-0.25, -0.2) is 0 Å². The molecule has 0 unspecified atom stereocenters. The average Bonchev–Trinajstić information content (AvgIpc) is 2.72. The average molecular weight is 243 g/mol. The molecule has 7 heteroatoms. The van der Waals surface area contributed by atoms with Gasteiger partial charge in [-0.15, -0.1) is 0 Å². The van der Waals surface area contributed by atoms with Gasteiger partial charge in [0, 0.05) is 12.8 Å². The summed E-state index contributed by atoms with van der Waals surface area (Å²) in [6.07, 6.45) is 0.497. The molecule has 0 radical (unpaired) electrons. The minimum atomic E-state index is -0.998. The predicted molar refractivity (Wildman–Crippen MR) is 58.1 cm³/mol. The molecule has 7 nitrogen and oxygen atoms in total. The molecule has 0 aromatic carbocycles. The Morgan fingerprint density at radius 3 is 2.59 bits per heavy atom. The van der Waals surface area contributed by atoms with Gasteiger partial charge in [0.2, 0.25) is 11.8 Å². The van der Waals surface area contributed by atoms with Gasteiger partial charge in [-0.2, -0.15) is 4.98 Å². The van der Waals surface area contributed by atoms with E-state index in [4.69, 9.17) is 14.7 Å². The number of aryl methyl sites for hydroxylation is 2. The van der Waals surface area contributed by atoms with E-state index in [1.54, 1.807) is 13.8 Å². The molecule has 0 fully saturated rings. The normalized spacial score (nSPS) is 11.5. The van der Waals surface area contributed by atoms with Gasteiger partial charge in [0.05, 0.1) is 18.8 Å². The van der Waals surface area contributed by atoms with Crippen molar-refractivity contribution in [1.29, 1.82) is 0 Å². The summed E-state index contributed by atoms with van der Waals surface area (Å²) in [7, 11) is 0. The van der Waals surface area contributed by atoms with Crippen LogP contribution in [0.4, 0.5) is 0 Å². The van der Waals surface area contributed by atoms with Crippen molar-refractivity contribution in [3.63, 3.8) is 0 Å². The first-order valence-electron chi connectivity index (χ1n) is 5.31. The highest BCUT2D eigenvalue weighted by Gasteiger charge is 2.24. The van der Waals surface area contributed by atoms with Crippen LogP contribution in [0.25, 0.3) is 0 Å². The number of hydrogen-bond acceptors (Lipinski definition) is 6. The van der Waals surface area contributed by atoms with Crippen LogP contribution in [0.1, 0.15) is 25.1 Å². The van der Waals surface area contributed by atoms with Gasteiger partial charge < -0.3 is 20.1 Å². The van der Waals surface area contributed by atoms with E-state index in [-0.39, 0.29) is 25.5 Å². The Kier molecular flexibility index (Phi) is 4.59. The number of aliphatic hydroxyl groups excluding tert-OH is 2. The van der Waals surface area contributed by atoms with Crippen LogP contribution in [0.3, 0.4) is 0 Å². The number of amides is 1. The van der Waals surface area contributed by atoms with E-state index >= 15 is 0 Å². The molecule has 0 spiro atoms. The second-order valence-corrected chi connectivity index (χ2v) is 4.16. The van der Waals surface area contributed by atoms with E-state index in [2.05, 4.69) is 15.5 Å². The van der Waals surface area contributed by atoms with Crippen LogP contribution in [-0.4, -0.2) is 45.0 Å². The first kappa shape index (κ1) is 13.6. The first-order valence-corrected chi connectivity index (χ1v) is 5.31. The number of nitrogens with one attached hydrogen (secondary N) is 1. The molecule has 0 aliphatic carbocycles. The third kappa shape index (κ3) is 4.12. The molecule has 1 heterocycles. The Balaban J connectivity index is 2.40. The van der Waals surface area contributed by atoms with Crippen molar-refractivity contribution in [1.82, 2.24) is 15.5 Å². The summed E-state index contributed by atoms with van der Waals surface area (Å²) in [4.78, 5) is 15.5. The van der Waals surface area contributed by atoms with Gasteiger partial charge >= 0.3 is 0 Å². The van der Waals surface area contributed by atoms with E-state index in [1.807, 2.05) is 0 Å². The van der Waals surface area contributed by atoms with Gasteiger partial charge in [-0.1, -0.05) is 5.16 Å². The molecular weight excluding hydrogens is 226 g/mol. The van der Waals surface area contributed by atoms with E-state index in [1.165, 1.54) is 0 Å². The zero-order valence-electron chi connectivity index (χ0n) is 9.93. The molecule has 0 aliphatic heterocycles. The van der Waals surface area contributed by atoms with Crippen LogP contribution < -0.4 is 5.32 Å². The van der Waals surface area contributed by atoms with Crippen molar-refractivity contribution in [3.05, 3.63) is 11.7 Å². The van der Waals surface area contributed by atoms with E-state index in [0.717, 1.165) is 0 Å². The molecule has 1 aromatic rings.